The lowest BCUT2D eigenvalue weighted by molar-refractivity contribution is -0.111. The van der Waals surface area contributed by atoms with Gasteiger partial charge in [-0.25, -0.2) is 0 Å². The van der Waals surface area contributed by atoms with Crippen LogP contribution in [0, 0.1) is 5.92 Å². The molecule has 0 amide bonds. The average Bonchev–Trinajstić information content (AvgIpc) is 2.87. The van der Waals surface area contributed by atoms with Crippen LogP contribution < -0.4 is 4.90 Å². The van der Waals surface area contributed by atoms with E-state index in [1.807, 2.05) is 0 Å². The molecule has 0 saturated carbocycles. The largest absolute Gasteiger partial charge is 0.354 e. The molecule has 7 heteroatoms. The van der Waals surface area contributed by atoms with Crippen LogP contribution in [-0.4, -0.2) is 44.4 Å². The molecule has 0 spiro atoms. The zero-order chi connectivity index (χ0) is 11.7. The molecular formula is C10H12N6O. The van der Waals surface area contributed by atoms with Gasteiger partial charge in [0.1, 0.15) is 6.29 Å². The van der Waals surface area contributed by atoms with Gasteiger partial charge in [0.25, 0.3) is 0 Å². The van der Waals surface area contributed by atoms with Crippen molar-refractivity contribution in [2.45, 2.75) is 12.8 Å². The van der Waals surface area contributed by atoms with E-state index in [-0.39, 0.29) is 5.92 Å². The summed E-state index contributed by atoms with van der Waals surface area (Å²) < 4.78 is 1.65. The summed E-state index contributed by atoms with van der Waals surface area (Å²) >= 11 is 0. The minimum absolute atomic E-state index is 0.0930. The quantitative estimate of drug-likeness (QED) is 0.675. The standard InChI is InChI=1S/C10H12N6O/c17-7-8-2-1-3-15(6-8)10-5-11-4-9-12-13-14-16(9)10/h4-5,7-8H,1-3,6H2. The van der Waals surface area contributed by atoms with E-state index in [9.17, 15) is 4.79 Å². The van der Waals surface area contributed by atoms with Gasteiger partial charge >= 0.3 is 0 Å². The third-order valence-corrected chi connectivity index (χ3v) is 3.06. The number of rotatable bonds is 2. The molecule has 1 aliphatic heterocycles. The fourth-order valence-corrected chi connectivity index (χ4v) is 2.21. The third-order valence-electron chi connectivity index (χ3n) is 3.06. The molecule has 1 saturated heterocycles. The molecule has 7 nitrogen and oxygen atoms in total. The Morgan fingerprint density at radius 1 is 1.41 bits per heavy atom. The highest BCUT2D eigenvalue weighted by atomic mass is 16.1. The number of tetrazole rings is 1. The van der Waals surface area contributed by atoms with E-state index < -0.39 is 0 Å². The summed E-state index contributed by atoms with van der Waals surface area (Å²) in [6, 6.07) is 0. The first-order valence-electron chi connectivity index (χ1n) is 5.61. The number of carbonyl (C=O) groups is 1. The highest BCUT2D eigenvalue weighted by Gasteiger charge is 2.21. The Balaban J connectivity index is 1.97. The molecule has 1 aliphatic rings. The number of hydrogen-bond donors (Lipinski definition) is 0. The number of fused-ring (bicyclic) bond motifs is 1. The van der Waals surface area contributed by atoms with Crippen molar-refractivity contribution in [3.63, 3.8) is 0 Å². The van der Waals surface area contributed by atoms with Crippen LogP contribution >= 0.6 is 0 Å². The van der Waals surface area contributed by atoms with E-state index in [4.69, 9.17) is 0 Å². The van der Waals surface area contributed by atoms with E-state index in [0.29, 0.717) is 12.2 Å². The van der Waals surface area contributed by atoms with Crippen molar-refractivity contribution in [1.82, 2.24) is 25.0 Å². The van der Waals surface area contributed by atoms with Gasteiger partial charge in [0.05, 0.1) is 12.4 Å². The molecule has 1 fully saturated rings. The topological polar surface area (TPSA) is 76.3 Å². The van der Waals surface area contributed by atoms with Crippen LogP contribution in [0.25, 0.3) is 5.65 Å². The van der Waals surface area contributed by atoms with Gasteiger partial charge < -0.3 is 9.69 Å². The lowest BCUT2D eigenvalue weighted by atomic mass is 10.00. The predicted octanol–water partition coefficient (Wildman–Crippen LogP) is -0.0654. The predicted molar refractivity (Wildman–Crippen MR) is 59.6 cm³/mol. The molecule has 17 heavy (non-hydrogen) atoms. The first-order chi connectivity index (χ1) is 8.38. The molecule has 0 bridgehead atoms. The number of aromatic nitrogens is 5. The van der Waals surface area contributed by atoms with E-state index >= 15 is 0 Å². The molecule has 1 atom stereocenters. The third kappa shape index (κ3) is 1.73. The minimum atomic E-state index is 0.0930. The Hall–Kier alpha value is -2.05. The molecule has 2 aromatic rings. The second-order valence-corrected chi connectivity index (χ2v) is 4.20. The average molecular weight is 232 g/mol. The number of hydrogen-bond acceptors (Lipinski definition) is 6. The van der Waals surface area contributed by atoms with E-state index in [0.717, 1.165) is 31.5 Å². The van der Waals surface area contributed by atoms with Crippen molar-refractivity contribution >= 4 is 17.8 Å². The number of anilines is 1. The van der Waals surface area contributed by atoms with Gasteiger partial charge in [-0.1, -0.05) is 0 Å². The Labute approximate surface area is 97.4 Å². The SMILES string of the molecule is O=CC1CCCN(c2cncc3nnnn23)C1. The van der Waals surface area contributed by atoms with Crippen molar-refractivity contribution in [3.05, 3.63) is 12.4 Å². The van der Waals surface area contributed by atoms with Crippen LogP contribution in [0.5, 0.6) is 0 Å². The van der Waals surface area contributed by atoms with E-state index in [2.05, 4.69) is 25.4 Å². The van der Waals surface area contributed by atoms with Crippen molar-refractivity contribution < 1.29 is 4.79 Å². The fraction of sp³-hybridized carbons (Fsp3) is 0.500. The summed E-state index contributed by atoms with van der Waals surface area (Å²) in [5, 5.41) is 11.4. The van der Waals surface area contributed by atoms with E-state index in [1.54, 1.807) is 16.9 Å². The summed E-state index contributed by atoms with van der Waals surface area (Å²) in [7, 11) is 0. The number of nitrogens with zero attached hydrogens (tertiary/aromatic N) is 6. The lowest BCUT2D eigenvalue weighted by Crippen LogP contribution is -2.37. The maximum Gasteiger partial charge on any atom is 0.199 e. The van der Waals surface area contributed by atoms with Crippen molar-refractivity contribution in [1.29, 1.82) is 0 Å². The monoisotopic (exact) mass is 232 g/mol. The zero-order valence-corrected chi connectivity index (χ0v) is 9.23. The van der Waals surface area contributed by atoms with Crippen LogP contribution in [0.3, 0.4) is 0 Å². The number of carbonyl (C=O) groups excluding carboxylic acids is 1. The molecule has 88 valence electrons. The molecule has 0 aromatic carbocycles. The van der Waals surface area contributed by atoms with Crippen LogP contribution in [0.4, 0.5) is 5.82 Å². The number of piperidine rings is 1. The summed E-state index contributed by atoms with van der Waals surface area (Å²) in [5.74, 6) is 0.939. The summed E-state index contributed by atoms with van der Waals surface area (Å²) in [6.07, 6.45) is 6.33. The van der Waals surface area contributed by atoms with Crippen LogP contribution in [0.15, 0.2) is 12.4 Å². The fourth-order valence-electron chi connectivity index (χ4n) is 2.21. The van der Waals surface area contributed by atoms with Gasteiger partial charge in [-0.3, -0.25) is 4.98 Å². The van der Waals surface area contributed by atoms with Crippen molar-refractivity contribution in [2.75, 3.05) is 18.0 Å². The summed E-state index contributed by atoms with van der Waals surface area (Å²) in [6.45, 7) is 1.62. The molecular weight excluding hydrogens is 220 g/mol. The molecule has 0 aliphatic carbocycles. The van der Waals surface area contributed by atoms with E-state index in [1.165, 1.54) is 0 Å². The number of aldehydes is 1. The van der Waals surface area contributed by atoms with Crippen molar-refractivity contribution in [3.8, 4) is 0 Å². The van der Waals surface area contributed by atoms with Gasteiger partial charge in [0, 0.05) is 19.0 Å². The zero-order valence-electron chi connectivity index (χ0n) is 9.23. The van der Waals surface area contributed by atoms with Crippen molar-refractivity contribution in [2.24, 2.45) is 5.92 Å². The van der Waals surface area contributed by atoms with Crippen LogP contribution in [0.1, 0.15) is 12.8 Å². The highest BCUT2D eigenvalue weighted by molar-refractivity contribution is 5.56. The summed E-state index contributed by atoms with van der Waals surface area (Å²) in [5.41, 5.74) is 0.621. The van der Waals surface area contributed by atoms with Gasteiger partial charge in [0.15, 0.2) is 11.5 Å². The Morgan fingerprint density at radius 3 is 3.24 bits per heavy atom. The molecule has 1 unspecified atom stereocenters. The maximum atomic E-state index is 10.9. The normalized spacial score (nSPS) is 20.7. The van der Waals surface area contributed by atoms with Gasteiger partial charge in [-0.2, -0.15) is 4.52 Å². The van der Waals surface area contributed by atoms with Crippen LogP contribution in [0.2, 0.25) is 0 Å². The van der Waals surface area contributed by atoms with Gasteiger partial charge in [0.2, 0.25) is 0 Å². The maximum absolute atomic E-state index is 10.9. The first-order valence-corrected chi connectivity index (χ1v) is 5.61. The summed E-state index contributed by atoms with van der Waals surface area (Å²) in [4.78, 5) is 17.1. The second kappa shape index (κ2) is 4.08. The first kappa shape index (κ1) is 10.1. The molecule has 3 rings (SSSR count). The second-order valence-electron chi connectivity index (χ2n) is 4.20. The smallest absolute Gasteiger partial charge is 0.199 e. The van der Waals surface area contributed by atoms with Crippen LogP contribution in [-0.2, 0) is 4.79 Å². The Kier molecular flexibility index (Phi) is 2.43. The molecule has 2 aromatic heterocycles. The molecule has 0 N–H and O–H groups in total. The highest BCUT2D eigenvalue weighted by Crippen LogP contribution is 2.21. The lowest BCUT2D eigenvalue weighted by Gasteiger charge is -2.31. The minimum Gasteiger partial charge on any atom is -0.354 e. The Morgan fingerprint density at radius 2 is 2.35 bits per heavy atom. The molecule has 3 heterocycles. The van der Waals surface area contributed by atoms with Gasteiger partial charge in [-0.05, 0) is 23.3 Å². The van der Waals surface area contributed by atoms with Gasteiger partial charge in [-0.15, -0.1) is 5.10 Å². The Bertz CT molecular complexity index is 538. The molecule has 0 radical (unpaired) electrons.